The minimum Gasteiger partial charge on any atom is -0.491 e. The van der Waals surface area contributed by atoms with Gasteiger partial charge in [0.05, 0.1) is 22.1 Å². The molecule has 210 valence electrons. The molecule has 2 aliphatic heterocycles. The van der Waals surface area contributed by atoms with Crippen molar-refractivity contribution in [1.82, 2.24) is 14.3 Å². The fourth-order valence-corrected chi connectivity index (χ4v) is 7.40. The van der Waals surface area contributed by atoms with Crippen LogP contribution in [0.4, 0.5) is 4.39 Å². The maximum atomic E-state index is 13.4. The van der Waals surface area contributed by atoms with E-state index in [-0.39, 0.29) is 47.1 Å². The SMILES string of the molecule is CNS(=O)(=O)c1cccc(OC[C@@H](O)CNC2COC3(CCN(S(=O)(=O)c4ccc(F)cc4Cl)CC3)C2)c1. The van der Waals surface area contributed by atoms with E-state index in [0.29, 0.717) is 31.6 Å². The van der Waals surface area contributed by atoms with E-state index in [4.69, 9.17) is 21.1 Å². The first-order valence-electron chi connectivity index (χ1n) is 12.1. The molecule has 2 atom stereocenters. The normalized spacial score (nSPS) is 21.0. The molecule has 1 unspecified atom stereocenters. The molecule has 1 spiro atoms. The van der Waals surface area contributed by atoms with Gasteiger partial charge in [0.1, 0.15) is 29.2 Å². The third kappa shape index (κ3) is 6.65. The van der Waals surface area contributed by atoms with Crippen molar-refractivity contribution in [3.05, 3.63) is 53.3 Å². The number of aliphatic hydroxyl groups excluding tert-OH is 1. The van der Waals surface area contributed by atoms with E-state index in [1.54, 1.807) is 12.1 Å². The molecule has 2 fully saturated rings. The Kier molecular flexibility index (Phi) is 8.99. The van der Waals surface area contributed by atoms with Gasteiger partial charge in [-0.1, -0.05) is 17.7 Å². The van der Waals surface area contributed by atoms with E-state index >= 15 is 0 Å². The van der Waals surface area contributed by atoms with Crippen LogP contribution in [0.15, 0.2) is 52.3 Å². The zero-order valence-corrected chi connectivity index (χ0v) is 23.2. The predicted octanol–water partition coefficient (Wildman–Crippen LogP) is 1.73. The lowest BCUT2D eigenvalue weighted by molar-refractivity contribution is -0.0312. The molecule has 4 rings (SSSR count). The van der Waals surface area contributed by atoms with Crippen LogP contribution in [0.5, 0.6) is 5.75 Å². The number of piperidine rings is 1. The number of sulfonamides is 2. The van der Waals surface area contributed by atoms with Crippen LogP contribution in [0.2, 0.25) is 5.02 Å². The molecule has 3 N–H and O–H groups in total. The minimum absolute atomic E-state index is 0.0246. The van der Waals surface area contributed by atoms with Crippen LogP contribution in [0.1, 0.15) is 19.3 Å². The van der Waals surface area contributed by atoms with Gasteiger partial charge in [-0.2, -0.15) is 4.31 Å². The molecule has 0 aromatic heterocycles. The van der Waals surface area contributed by atoms with Crippen molar-refractivity contribution < 1.29 is 35.8 Å². The lowest BCUT2D eigenvalue weighted by Gasteiger charge is -2.38. The van der Waals surface area contributed by atoms with Gasteiger partial charge in [0.15, 0.2) is 0 Å². The number of hydrogen-bond acceptors (Lipinski definition) is 8. The van der Waals surface area contributed by atoms with E-state index in [2.05, 4.69) is 10.0 Å². The van der Waals surface area contributed by atoms with Gasteiger partial charge in [-0.05, 0) is 56.6 Å². The number of nitrogens with one attached hydrogen (secondary N) is 2. The number of nitrogens with zero attached hydrogens (tertiary/aromatic N) is 1. The second-order valence-corrected chi connectivity index (χ2v) is 13.6. The fraction of sp³-hybridized carbons (Fsp3) is 0.500. The standard InChI is InChI=1S/C24H31ClFN3O7S2/c1-27-37(31,32)21-4-2-3-20(12-21)35-16-19(30)14-28-18-13-24(36-15-18)7-9-29(10-8-24)38(33,34)23-6-5-17(26)11-22(23)25/h2-6,11-12,18-19,27-28,30H,7-10,13-16H2,1H3/t18?,19-/m0/s1. The van der Waals surface area contributed by atoms with Gasteiger partial charge in [-0.3, -0.25) is 0 Å². The lowest BCUT2D eigenvalue weighted by Crippen LogP contribution is -2.47. The Morgan fingerprint density at radius 2 is 1.95 bits per heavy atom. The van der Waals surface area contributed by atoms with Gasteiger partial charge in [-0.25, -0.2) is 25.9 Å². The molecular weight excluding hydrogens is 561 g/mol. The lowest BCUT2D eigenvalue weighted by atomic mass is 9.88. The summed E-state index contributed by atoms with van der Waals surface area (Å²) < 4.78 is 78.5. The summed E-state index contributed by atoms with van der Waals surface area (Å²) in [5.41, 5.74) is -0.461. The second-order valence-electron chi connectivity index (χ2n) is 9.43. The van der Waals surface area contributed by atoms with Crippen LogP contribution in [-0.4, -0.2) is 83.9 Å². The first kappa shape index (κ1) is 29.2. The maximum absolute atomic E-state index is 13.4. The van der Waals surface area contributed by atoms with E-state index in [0.717, 1.165) is 12.1 Å². The van der Waals surface area contributed by atoms with Gasteiger partial charge in [0, 0.05) is 31.7 Å². The smallest absolute Gasteiger partial charge is 0.244 e. The van der Waals surface area contributed by atoms with Crippen molar-refractivity contribution in [1.29, 1.82) is 0 Å². The Bertz CT molecular complexity index is 1350. The molecule has 38 heavy (non-hydrogen) atoms. The van der Waals surface area contributed by atoms with Crippen LogP contribution in [0.3, 0.4) is 0 Å². The van der Waals surface area contributed by atoms with Gasteiger partial charge in [0.2, 0.25) is 20.0 Å². The van der Waals surface area contributed by atoms with Crippen LogP contribution < -0.4 is 14.8 Å². The van der Waals surface area contributed by atoms with Crippen molar-refractivity contribution in [3.8, 4) is 5.75 Å². The molecule has 2 aromatic rings. The van der Waals surface area contributed by atoms with Crippen molar-refractivity contribution in [2.24, 2.45) is 0 Å². The molecule has 0 aliphatic carbocycles. The molecule has 14 heteroatoms. The summed E-state index contributed by atoms with van der Waals surface area (Å²) in [4.78, 5) is -0.0480. The van der Waals surface area contributed by atoms with Crippen molar-refractivity contribution >= 4 is 31.6 Å². The quantitative estimate of drug-likeness (QED) is 0.380. The van der Waals surface area contributed by atoms with Crippen LogP contribution >= 0.6 is 11.6 Å². The Hall–Kier alpha value is -1.84. The molecule has 2 saturated heterocycles. The first-order valence-corrected chi connectivity index (χ1v) is 15.4. The Labute approximate surface area is 227 Å². The summed E-state index contributed by atoms with van der Waals surface area (Å²) in [6.45, 7) is 1.13. The van der Waals surface area contributed by atoms with Crippen LogP contribution in [0, 0.1) is 5.82 Å². The number of aliphatic hydroxyl groups is 1. The highest BCUT2D eigenvalue weighted by Gasteiger charge is 2.45. The first-order chi connectivity index (χ1) is 17.9. The van der Waals surface area contributed by atoms with Crippen LogP contribution in [0.25, 0.3) is 0 Å². The molecule has 0 radical (unpaired) electrons. The number of ether oxygens (including phenoxy) is 2. The highest BCUT2D eigenvalue weighted by molar-refractivity contribution is 7.89. The largest absolute Gasteiger partial charge is 0.491 e. The highest BCUT2D eigenvalue weighted by Crippen LogP contribution is 2.38. The molecule has 0 bridgehead atoms. The van der Waals surface area contributed by atoms with Crippen molar-refractivity contribution in [2.45, 2.75) is 46.8 Å². The average molecular weight is 592 g/mol. The van der Waals surface area contributed by atoms with Crippen LogP contribution in [-0.2, 0) is 24.8 Å². The van der Waals surface area contributed by atoms with Crippen molar-refractivity contribution in [2.75, 3.05) is 39.9 Å². The van der Waals surface area contributed by atoms with E-state index in [1.807, 2.05) is 0 Å². The number of halogens is 2. The molecule has 0 amide bonds. The summed E-state index contributed by atoms with van der Waals surface area (Å²) in [7, 11) is -6.13. The molecule has 2 aliphatic rings. The topological polar surface area (TPSA) is 134 Å². The minimum atomic E-state index is -3.85. The van der Waals surface area contributed by atoms with Gasteiger partial charge >= 0.3 is 0 Å². The summed E-state index contributed by atoms with van der Waals surface area (Å²) >= 11 is 5.99. The maximum Gasteiger partial charge on any atom is 0.244 e. The molecule has 10 nitrogen and oxygen atoms in total. The van der Waals surface area contributed by atoms with E-state index in [1.165, 1.54) is 29.6 Å². The van der Waals surface area contributed by atoms with E-state index < -0.39 is 37.6 Å². The number of rotatable bonds is 10. The monoisotopic (exact) mass is 591 g/mol. The van der Waals surface area contributed by atoms with Crippen molar-refractivity contribution in [3.63, 3.8) is 0 Å². The Morgan fingerprint density at radius 1 is 1.21 bits per heavy atom. The Morgan fingerprint density at radius 3 is 2.63 bits per heavy atom. The summed E-state index contributed by atoms with van der Waals surface area (Å²) in [5, 5.41) is 13.5. The average Bonchev–Trinajstić information content (AvgIpc) is 3.28. The number of benzene rings is 2. The molecular formula is C24H31ClFN3O7S2. The zero-order valence-electron chi connectivity index (χ0n) is 20.8. The summed E-state index contributed by atoms with van der Waals surface area (Å²) in [6.07, 6.45) is 0.820. The third-order valence-electron chi connectivity index (χ3n) is 6.82. The number of hydrogen-bond donors (Lipinski definition) is 3. The summed E-state index contributed by atoms with van der Waals surface area (Å²) in [6, 6.07) is 9.22. The van der Waals surface area contributed by atoms with Gasteiger partial charge in [-0.15, -0.1) is 0 Å². The van der Waals surface area contributed by atoms with Gasteiger partial charge in [0.25, 0.3) is 0 Å². The second kappa shape index (κ2) is 11.7. The predicted molar refractivity (Wildman–Crippen MR) is 139 cm³/mol. The highest BCUT2D eigenvalue weighted by atomic mass is 35.5. The Balaban J connectivity index is 1.24. The zero-order chi connectivity index (χ0) is 27.6. The summed E-state index contributed by atoms with van der Waals surface area (Å²) in [5.74, 6) is -0.275. The van der Waals surface area contributed by atoms with Gasteiger partial charge < -0.3 is 19.9 Å². The molecule has 0 saturated carbocycles. The van der Waals surface area contributed by atoms with E-state index in [9.17, 15) is 26.3 Å². The molecule has 2 aromatic carbocycles. The molecule has 2 heterocycles. The third-order valence-corrected chi connectivity index (χ3v) is 10.6. The fourth-order valence-electron chi connectivity index (χ4n) is 4.68.